The van der Waals surface area contributed by atoms with E-state index < -0.39 is 0 Å². The highest BCUT2D eigenvalue weighted by atomic mass is 16.5. The van der Waals surface area contributed by atoms with Crippen LogP contribution >= 0.6 is 0 Å². The van der Waals surface area contributed by atoms with Crippen LogP contribution in [0.4, 0.5) is 0 Å². The summed E-state index contributed by atoms with van der Waals surface area (Å²) in [6, 6.07) is 1.90. The lowest BCUT2D eigenvalue weighted by Gasteiger charge is -2.34. The molecule has 3 atom stereocenters. The summed E-state index contributed by atoms with van der Waals surface area (Å²) in [5.74, 6) is 0.715. The molecule has 0 aromatic carbocycles. The Kier molecular flexibility index (Phi) is 3.27. The third kappa shape index (κ3) is 2.50. The zero-order chi connectivity index (χ0) is 13.4. The highest BCUT2D eigenvalue weighted by Gasteiger charge is 2.38. The summed E-state index contributed by atoms with van der Waals surface area (Å²) in [5, 5.41) is 0. The molecule has 1 aromatic rings. The number of amides is 1. The number of likely N-dealkylation sites (tertiary alicyclic amines) is 1. The van der Waals surface area contributed by atoms with Crippen LogP contribution in [0.15, 0.2) is 18.5 Å². The van der Waals surface area contributed by atoms with E-state index in [1.54, 1.807) is 12.4 Å². The van der Waals surface area contributed by atoms with Gasteiger partial charge in [0.1, 0.15) is 0 Å². The predicted octanol–water partition coefficient (Wildman–Crippen LogP) is 2.03. The minimum absolute atomic E-state index is 0.0813. The Morgan fingerprint density at radius 3 is 3.11 bits per heavy atom. The normalized spacial score (nSPS) is 30.2. The first-order chi connectivity index (χ1) is 9.13. The zero-order valence-corrected chi connectivity index (χ0v) is 11.5. The predicted molar refractivity (Wildman–Crippen MR) is 71.9 cm³/mol. The SMILES string of the molecule is Cc1cncc(C(=O)N2CC[C@@H]3C[C@@H](C)O[C@H]3C2)c1. The molecule has 102 valence electrons. The summed E-state index contributed by atoms with van der Waals surface area (Å²) in [5.41, 5.74) is 1.70. The number of hydrogen-bond acceptors (Lipinski definition) is 3. The molecule has 0 saturated carbocycles. The maximum absolute atomic E-state index is 12.5. The molecule has 1 amide bonds. The van der Waals surface area contributed by atoms with E-state index in [-0.39, 0.29) is 12.0 Å². The average molecular weight is 260 g/mol. The molecule has 4 heteroatoms. The Morgan fingerprint density at radius 2 is 2.32 bits per heavy atom. The van der Waals surface area contributed by atoms with Crippen molar-refractivity contribution >= 4 is 5.91 Å². The second-order valence-corrected chi connectivity index (χ2v) is 5.77. The number of hydrogen-bond donors (Lipinski definition) is 0. The van der Waals surface area contributed by atoms with Gasteiger partial charge in [-0.1, -0.05) is 0 Å². The van der Waals surface area contributed by atoms with E-state index in [1.807, 2.05) is 17.9 Å². The van der Waals surface area contributed by atoms with Crippen molar-refractivity contribution in [1.29, 1.82) is 0 Å². The number of aromatic nitrogens is 1. The lowest BCUT2D eigenvalue weighted by atomic mass is 9.92. The van der Waals surface area contributed by atoms with E-state index in [0.717, 1.165) is 31.5 Å². The van der Waals surface area contributed by atoms with Crippen molar-refractivity contribution in [3.05, 3.63) is 29.6 Å². The maximum Gasteiger partial charge on any atom is 0.255 e. The quantitative estimate of drug-likeness (QED) is 0.776. The Labute approximate surface area is 113 Å². The average Bonchev–Trinajstić information content (AvgIpc) is 2.76. The summed E-state index contributed by atoms with van der Waals surface area (Å²) < 4.78 is 5.90. The number of carbonyl (C=O) groups is 1. The smallest absolute Gasteiger partial charge is 0.255 e. The monoisotopic (exact) mass is 260 g/mol. The number of rotatable bonds is 1. The summed E-state index contributed by atoms with van der Waals surface area (Å²) in [6.07, 6.45) is 6.18. The zero-order valence-electron chi connectivity index (χ0n) is 11.5. The number of piperidine rings is 1. The molecule has 0 aliphatic carbocycles. The van der Waals surface area contributed by atoms with Crippen LogP contribution in [0.3, 0.4) is 0 Å². The van der Waals surface area contributed by atoms with Gasteiger partial charge in [0.25, 0.3) is 5.91 Å². The van der Waals surface area contributed by atoms with Gasteiger partial charge >= 0.3 is 0 Å². The molecule has 0 bridgehead atoms. The minimum atomic E-state index is 0.0813. The van der Waals surface area contributed by atoms with Gasteiger partial charge in [-0.3, -0.25) is 9.78 Å². The van der Waals surface area contributed by atoms with E-state index >= 15 is 0 Å². The van der Waals surface area contributed by atoms with Crippen LogP contribution in [0.5, 0.6) is 0 Å². The van der Waals surface area contributed by atoms with Crippen molar-refractivity contribution in [3.63, 3.8) is 0 Å². The molecule has 4 nitrogen and oxygen atoms in total. The van der Waals surface area contributed by atoms with Crippen LogP contribution in [0.1, 0.15) is 35.7 Å². The third-order valence-corrected chi connectivity index (χ3v) is 4.15. The molecule has 2 aliphatic rings. The number of aryl methyl sites for hydroxylation is 1. The van der Waals surface area contributed by atoms with Gasteiger partial charge < -0.3 is 9.64 Å². The van der Waals surface area contributed by atoms with Gasteiger partial charge in [-0.05, 0) is 44.2 Å². The standard InChI is InChI=1S/C15H20N2O2/c1-10-5-13(8-16-7-10)15(18)17-4-3-12-6-11(2)19-14(12)9-17/h5,7-8,11-12,14H,3-4,6,9H2,1-2H3/t11-,12-,14+/m1/s1. The maximum atomic E-state index is 12.5. The number of nitrogens with zero attached hydrogens (tertiary/aromatic N) is 2. The van der Waals surface area contributed by atoms with E-state index in [2.05, 4.69) is 11.9 Å². The van der Waals surface area contributed by atoms with Crippen molar-refractivity contribution in [1.82, 2.24) is 9.88 Å². The molecule has 0 spiro atoms. The second kappa shape index (κ2) is 4.93. The van der Waals surface area contributed by atoms with E-state index in [4.69, 9.17) is 4.74 Å². The third-order valence-electron chi connectivity index (χ3n) is 4.15. The van der Waals surface area contributed by atoms with Crippen molar-refractivity contribution < 1.29 is 9.53 Å². The second-order valence-electron chi connectivity index (χ2n) is 5.77. The molecule has 2 saturated heterocycles. The van der Waals surface area contributed by atoms with Crippen molar-refractivity contribution in [2.75, 3.05) is 13.1 Å². The van der Waals surface area contributed by atoms with Crippen molar-refractivity contribution in [2.45, 2.75) is 38.9 Å². The topological polar surface area (TPSA) is 42.4 Å². The van der Waals surface area contributed by atoms with Crippen molar-refractivity contribution in [3.8, 4) is 0 Å². The first-order valence-electron chi connectivity index (χ1n) is 7.00. The van der Waals surface area contributed by atoms with E-state index in [1.165, 1.54) is 0 Å². The molecular weight excluding hydrogens is 240 g/mol. The number of fused-ring (bicyclic) bond motifs is 1. The number of pyridine rings is 1. The molecule has 0 unspecified atom stereocenters. The first kappa shape index (κ1) is 12.6. The van der Waals surface area contributed by atoms with E-state index in [9.17, 15) is 4.79 Å². The summed E-state index contributed by atoms with van der Waals surface area (Å²) in [6.45, 7) is 5.64. The summed E-state index contributed by atoms with van der Waals surface area (Å²) >= 11 is 0. The molecule has 0 N–H and O–H groups in total. The van der Waals surface area contributed by atoms with Gasteiger partial charge in [-0.15, -0.1) is 0 Å². The molecule has 2 aliphatic heterocycles. The molecule has 19 heavy (non-hydrogen) atoms. The molecular formula is C15H20N2O2. The Bertz CT molecular complexity index is 489. The van der Waals surface area contributed by atoms with Crippen LogP contribution in [0, 0.1) is 12.8 Å². The first-order valence-corrected chi connectivity index (χ1v) is 7.00. The molecule has 2 fully saturated rings. The van der Waals surface area contributed by atoms with Crippen LogP contribution in [0.25, 0.3) is 0 Å². The number of ether oxygens (including phenoxy) is 1. The highest BCUT2D eigenvalue weighted by Crippen LogP contribution is 2.33. The van der Waals surface area contributed by atoms with Crippen LogP contribution in [0.2, 0.25) is 0 Å². The molecule has 3 heterocycles. The van der Waals surface area contributed by atoms with Gasteiger partial charge in [-0.2, -0.15) is 0 Å². The van der Waals surface area contributed by atoms with Gasteiger partial charge in [0.15, 0.2) is 0 Å². The fourth-order valence-electron chi connectivity index (χ4n) is 3.21. The largest absolute Gasteiger partial charge is 0.373 e. The summed E-state index contributed by atoms with van der Waals surface area (Å²) in [7, 11) is 0. The van der Waals surface area contributed by atoms with Gasteiger partial charge in [0, 0.05) is 25.5 Å². The van der Waals surface area contributed by atoms with E-state index in [0.29, 0.717) is 17.6 Å². The molecule has 0 radical (unpaired) electrons. The Morgan fingerprint density at radius 1 is 1.47 bits per heavy atom. The van der Waals surface area contributed by atoms with Gasteiger partial charge in [0.05, 0.1) is 17.8 Å². The van der Waals surface area contributed by atoms with Crippen LogP contribution < -0.4 is 0 Å². The highest BCUT2D eigenvalue weighted by molar-refractivity contribution is 5.94. The van der Waals surface area contributed by atoms with Gasteiger partial charge in [0.2, 0.25) is 0 Å². The lowest BCUT2D eigenvalue weighted by Crippen LogP contribution is -2.45. The van der Waals surface area contributed by atoms with Crippen molar-refractivity contribution in [2.24, 2.45) is 5.92 Å². The molecule has 3 rings (SSSR count). The lowest BCUT2D eigenvalue weighted by molar-refractivity contribution is 0.00155. The molecule has 1 aromatic heterocycles. The fourth-order valence-corrected chi connectivity index (χ4v) is 3.21. The Hall–Kier alpha value is -1.42. The number of carbonyl (C=O) groups excluding carboxylic acids is 1. The Balaban J connectivity index is 1.71. The van der Waals surface area contributed by atoms with Crippen LogP contribution in [-0.2, 0) is 4.74 Å². The van der Waals surface area contributed by atoms with Gasteiger partial charge in [-0.25, -0.2) is 0 Å². The van der Waals surface area contributed by atoms with Crippen LogP contribution in [-0.4, -0.2) is 41.1 Å². The fraction of sp³-hybridized carbons (Fsp3) is 0.600. The minimum Gasteiger partial charge on any atom is -0.373 e. The summed E-state index contributed by atoms with van der Waals surface area (Å²) in [4.78, 5) is 18.5.